The Morgan fingerprint density at radius 3 is 2.23 bits per heavy atom. The van der Waals surface area contributed by atoms with Crippen LogP contribution in [0.25, 0.3) is 0 Å². The van der Waals surface area contributed by atoms with Gasteiger partial charge in [-0.15, -0.1) is 0 Å². The fourth-order valence-electron chi connectivity index (χ4n) is 5.18. The van der Waals surface area contributed by atoms with Gasteiger partial charge in [0.25, 0.3) is 10.0 Å². The largest absolute Gasteiger partial charge is 0.352 e. The summed E-state index contributed by atoms with van der Waals surface area (Å²) in [6.45, 7) is 7.14. The third-order valence-corrected chi connectivity index (χ3v) is 9.35. The van der Waals surface area contributed by atoms with Crippen LogP contribution in [0.5, 0.6) is 0 Å². The first-order valence-electron chi connectivity index (χ1n) is 13.9. The van der Waals surface area contributed by atoms with Crippen molar-refractivity contribution in [3.05, 3.63) is 95.1 Å². The first-order valence-corrected chi connectivity index (χ1v) is 15.3. The van der Waals surface area contributed by atoms with Crippen LogP contribution in [-0.4, -0.2) is 43.8 Å². The minimum atomic E-state index is -4.08. The van der Waals surface area contributed by atoms with Crippen molar-refractivity contribution in [2.75, 3.05) is 10.8 Å². The topological polar surface area (TPSA) is 86.8 Å². The lowest BCUT2D eigenvalue weighted by molar-refractivity contribution is -0.139. The maximum absolute atomic E-state index is 14.1. The summed E-state index contributed by atoms with van der Waals surface area (Å²) in [5, 5.41) is 3.10. The molecular weight excluding hydrogens is 522 g/mol. The molecule has 0 unspecified atom stereocenters. The number of nitrogens with zero attached hydrogens (tertiary/aromatic N) is 2. The Morgan fingerprint density at radius 2 is 1.57 bits per heavy atom. The van der Waals surface area contributed by atoms with Crippen molar-refractivity contribution < 1.29 is 18.0 Å². The molecule has 1 atom stereocenters. The summed E-state index contributed by atoms with van der Waals surface area (Å²) in [7, 11) is -4.08. The van der Waals surface area contributed by atoms with Gasteiger partial charge < -0.3 is 10.2 Å². The zero-order valence-electron chi connectivity index (χ0n) is 23.8. The molecule has 2 amide bonds. The van der Waals surface area contributed by atoms with E-state index in [4.69, 9.17) is 0 Å². The second-order valence-electron chi connectivity index (χ2n) is 10.8. The van der Waals surface area contributed by atoms with Crippen LogP contribution in [0, 0.1) is 20.8 Å². The van der Waals surface area contributed by atoms with Crippen LogP contribution in [0.4, 0.5) is 5.69 Å². The molecule has 4 rings (SSSR count). The molecule has 0 aliphatic heterocycles. The number of rotatable bonds is 10. The Kier molecular flexibility index (Phi) is 9.30. The van der Waals surface area contributed by atoms with Crippen molar-refractivity contribution in [2.45, 2.75) is 76.9 Å². The molecule has 8 heteroatoms. The Morgan fingerprint density at radius 1 is 0.900 bits per heavy atom. The summed E-state index contributed by atoms with van der Waals surface area (Å²) in [4.78, 5) is 29.0. The summed E-state index contributed by atoms with van der Waals surface area (Å²) < 4.78 is 29.1. The number of benzene rings is 3. The van der Waals surface area contributed by atoms with E-state index in [9.17, 15) is 18.0 Å². The van der Waals surface area contributed by atoms with Crippen molar-refractivity contribution in [1.29, 1.82) is 0 Å². The van der Waals surface area contributed by atoms with Crippen LogP contribution in [-0.2, 0) is 26.2 Å². The van der Waals surface area contributed by atoms with Gasteiger partial charge in [0.2, 0.25) is 11.8 Å². The van der Waals surface area contributed by atoms with E-state index in [0.717, 1.165) is 47.9 Å². The van der Waals surface area contributed by atoms with Crippen LogP contribution in [0.1, 0.15) is 54.9 Å². The van der Waals surface area contributed by atoms with Crippen molar-refractivity contribution in [1.82, 2.24) is 10.2 Å². The lowest BCUT2D eigenvalue weighted by Gasteiger charge is -2.33. The molecule has 212 valence electrons. The van der Waals surface area contributed by atoms with Gasteiger partial charge in [-0.1, -0.05) is 78.6 Å². The second kappa shape index (κ2) is 12.7. The normalized spacial score (nSPS) is 14.5. The van der Waals surface area contributed by atoms with Crippen LogP contribution in [0.2, 0.25) is 0 Å². The van der Waals surface area contributed by atoms with Crippen molar-refractivity contribution in [3.63, 3.8) is 0 Å². The third-order valence-electron chi connectivity index (χ3n) is 7.58. The molecule has 0 spiro atoms. The van der Waals surface area contributed by atoms with Crippen LogP contribution in [0.3, 0.4) is 0 Å². The van der Waals surface area contributed by atoms with Crippen LogP contribution >= 0.6 is 0 Å². The Labute approximate surface area is 238 Å². The van der Waals surface area contributed by atoms with E-state index in [1.54, 1.807) is 43.3 Å². The summed E-state index contributed by atoms with van der Waals surface area (Å²) in [5.74, 6) is -0.675. The van der Waals surface area contributed by atoms with Gasteiger partial charge in [0.05, 0.1) is 10.6 Å². The van der Waals surface area contributed by atoms with E-state index in [1.807, 2.05) is 57.2 Å². The minimum absolute atomic E-state index is 0.103. The fourth-order valence-corrected chi connectivity index (χ4v) is 6.65. The molecule has 1 saturated carbocycles. The SMILES string of the molecule is Cc1ccc(S(=O)(=O)N(CC(=O)N(Cc2cccc(C)c2)[C@H](C)C(=O)NC2CCCC2)c2ccccc2C)cc1. The number of sulfonamides is 1. The van der Waals surface area contributed by atoms with Crippen LogP contribution in [0.15, 0.2) is 77.7 Å². The van der Waals surface area contributed by atoms with Gasteiger partial charge in [-0.25, -0.2) is 8.42 Å². The van der Waals surface area contributed by atoms with Crippen molar-refractivity contribution in [3.8, 4) is 0 Å². The number of hydrogen-bond acceptors (Lipinski definition) is 4. The van der Waals surface area contributed by atoms with E-state index in [-0.39, 0.29) is 23.4 Å². The van der Waals surface area contributed by atoms with E-state index in [1.165, 1.54) is 9.21 Å². The molecule has 0 heterocycles. The number of carbonyl (C=O) groups is 2. The van der Waals surface area contributed by atoms with Gasteiger partial charge in [-0.05, 0) is 69.9 Å². The first kappa shape index (κ1) is 29.3. The first-order chi connectivity index (χ1) is 19.1. The molecule has 0 saturated heterocycles. The van der Waals surface area contributed by atoms with Gasteiger partial charge >= 0.3 is 0 Å². The zero-order valence-corrected chi connectivity index (χ0v) is 24.6. The highest BCUT2D eigenvalue weighted by molar-refractivity contribution is 7.92. The highest BCUT2D eigenvalue weighted by Crippen LogP contribution is 2.28. The Hall–Kier alpha value is -3.65. The number of nitrogens with one attached hydrogen (secondary N) is 1. The number of amides is 2. The minimum Gasteiger partial charge on any atom is -0.352 e. The molecular formula is C32H39N3O4S. The third kappa shape index (κ3) is 6.91. The van der Waals surface area contributed by atoms with E-state index in [2.05, 4.69) is 5.32 Å². The number of hydrogen-bond donors (Lipinski definition) is 1. The van der Waals surface area contributed by atoms with Crippen LogP contribution < -0.4 is 9.62 Å². The van der Waals surface area contributed by atoms with Gasteiger partial charge in [-0.3, -0.25) is 13.9 Å². The Balaban J connectivity index is 1.69. The molecule has 40 heavy (non-hydrogen) atoms. The molecule has 3 aromatic carbocycles. The molecule has 7 nitrogen and oxygen atoms in total. The zero-order chi connectivity index (χ0) is 28.9. The summed E-state index contributed by atoms with van der Waals surface area (Å²) in [6, 6.07) is 20.8. The number of aryl methyl sites for hydroxylation is 3. The smallest absolute Gasteiger partial charge is 0.264 e. The maximum atomic E-state index is 14.1. The number of carbonyl (C=O) groups excluding carboxylic acids is 2. The predicted octanol–water partition coefficient (Wildman–Crippen LogP) is 5.28. The van der Waals surface area contributed by atoms with E-state index in [0.29, 0.717) is 5.69 Å². The molecule has 1 fully saturated rings. The highest BCUT2D eigenvalue weighted by atomic mass is 32.2. The van der Waals surface area contributed by atoms with E-state index >= 15 is 0 Å². The fraction of sp³-hybridized carbons (Fsp3) is 0.375. The maximum Gasteiger partial charge on any atom is 0.264 e. The lowest BCUT2D eigenvalue weighted by atomic mass is 10.1. The van der Waals surface area contributed by atoms with Crippen molar-refractivity contribution >= 4 is 27.5 Å². The van der Waals surface area contributed by atoms with Gasteiger partial charge in [0, 0.05) is 12.6 Å². The lowest BCUT2D eigenvalue weighted by Crippen LogP contribution is -2.52. The molecule has 1 aliphatic rings. The average molecular weight is 562 g/mol. The molecule has 0 aromatic heterocycles. The van der Waals surface area contributed by atoms with Gasteiger partial charge in [-0.2, -0.15) is 0 Å². The summed E-state index contributed by atoms with van der Waals surface area (Å²) in [5.41, 5.74) is 4.00. The van der Waals surface area contributed by atoms with Crippen molar-refractivity contribution in [2.24, 2.45) is 0 Å². The molecule has 1 aliphatic carbocycles. The highest BCUT2D eigenvalue weighted by Gasteiger charge is 2.33. The Bertz CT molecular complexity index is 1450. The molecule has 3 aromatic rings. The average Bonchev–Trinajstić information content (AvgIpc) is 3.43. The summed E-state index contributed by atoms with van der Waals surface area (Å²) in [6.07, 6.45) is 4.02. The van der Waals surface area contributed by atoms with E-state index < -0.39 is 28.5 Å². The standard InChI is InChI=1S/C32H39N3O4S/c1-23-16-18-29(19-17-23)40(38,39)35(30-15-8-5-11-25(30)3)22-31(36)34(21-27-12-9-10-24(2)20-27)26(4)32(37)33-28-13-6-7-14-28/h5,8-12,15-20,26,28H,6-7,13-14,21-22H2,1-4H3,(H,33,37)/t26-/m1/s1. The monoisotopic (exact) mass is 561 g/mol. The quantitative estimate of drug-likeness (QED) is 0.365. The molecule has 1 N–H and O–H groups in total. The molecule has 0 bridgehead atoms. The predicted molar refractivity (Wildman–Crippen MR) is 158 cm³/mol. The number of para-hydroxylation sites is 1. The molecule has 0 radical (unpaired) electrons. The summed E-state index contributed by atoms with van der Waals surface area (Å²) >= 11 is 0. The van der Waals surface area contributed by atoms with Gasteiger partial charge in [0.15, 0.2) is 0 Å². The second-order valence-corrected chi connectivity index (χ2v) is 12.7. The number of anilines is 1. The van der Waals surface area contributed by atoms with Gasteiger partial charge in [0.1, 0.15) is 12.6 Å².